The van der Waals surface area contributed by atoms with Crippen LogP contribution in [0.4, 0.5) is 5.82 Å². The largest absolute Gasteiger partial charge is 0.369 e. The Kier molecular flexibility index (Phi) is 3.31. The topological polar surface area (TPSA) is 76.7 Å². The molecule has 0 saturated heterocycles. The molecule has 0 aromatic carbocycles. The summed E-state index contributed by atoms with van der Waals surface area (Å²) in [6, 6.07) is 1.66. The van der Waals surface area contributed by atoms with Crippen molar-refractivity contribution in [2.45, 2.75) is 13.3 Å². The summed E-state index contributed by atoms with van der Waals surface area (Å²) in [5.74, 6) is 1.92. The monoisotopic (exact) mass is 239 g/mol. The Morgan fingerprint density at radius 3 is 3.00 bits per heavy atom. The van der Waals surface area contributed by atoms with Crippen LogP contribution in [0, 0.1) is 6.92 Å². The van der Waals surface area contributed by atoms with Crippen LogP contribution >= 0.6 is 11.6 Å². The first-order valence-corrected chi connectivity index (χ1v) is 5.12. The molecule has 0 bridgehead atoms. The van der Waals surface area contributed by atoms with E-state index in [0.717, 1.165) is 0 Å². The zero-order valence-corrected chi connectivity index (χ0v) is 9.40. The molecular formula is C9H10ClN5O. The second-order valence-corrected chi connectivity index (χ2v) is 3.52. The molecule has 1 N–H and O–H groups in total. The summed E-state index contributed by atoms with van der Waals surface area (Å²) in [4.78, 5) is 11.9. The molecule has 16 heavy (non-hydrogen) atoms. The van der Waals surface area contributed by atoms with Crippen LogP contribution in [0.5, 0.6) is 0 Å². The average molecular weight is 240 g/mol. The van der Waals surface area contributed by atoms with Gasteiger partial charge in [0.1, 0.15) is 17.3 Å². The Bertz CT molecular complexity index is 472. The van der Waals surface area contributed by atoms with Gasteiger partial charge in [-0.05, 0) is 0 Å². The van der Waals surface area contributed by atoms with Crippen molar-refractivity contribution in [3.63, 3.8) is 0 Å². The van der Waals surface area contributed by atoms with Crippen LogP contribution in [0.25, 0.3) is 0 Å². The number of nitrogens with zero attached hydrogens (tertiary/aromatic N) is 4. The molecule has 7 heteroatoms. The second kappa shape index (κ2) is 4.89. The molecule has 0 aliphatic carbocycles. The molecular weight excluding hydrogens is 230 g/mol. The minimum Gasteiger partial charge on any atom is -0.369 e. The molecule has 0 amide bonds. The highest BCUT2D eigenvalue weighted by atomic mass is 35.5. The molecule has 0 fully saturated rings. The standard InChI is InChI=1S/C9H10ClN5O/c1-6-14-8(15-16-6)2-3-11-9-4-7(10)12-5-13-9/h4-5H,2-3H2,1H3,(H,11,12,13). The maximum Gasteiger partial charge on any atom is 0.223 e. The molecule has 0 aliphatic rings. The van der Waals surface area contributed by atoms with Gasteiger partial charge in [-0.2, -0.15) is 4.98 Å². The number of anilines is 1. The smallest absolute Gasteiger partial charge is 0.223 e. The van der Waals surface area contributed by atoms with Gasteiger partial charge in [-0.25, -0.2) is 9.97 Å². The Morgan fingerprint density at radius 1 is 1.44 bits per heavy atom. The fourth-order valence-corrected chi connectivity index (χ4v) is 1.32. The van der Waals surface area contributed by atoms with Gasteiger partial charge in [-0.15, -0.1) is 0 Å². The highest BCUT2D eigenvalue weighted by Gasteiger charge is 2.02. The highest BCUT2D eigenvalue weighted by molar-refractivity contribution is 6.29. The van der Waals surface area contributed by atoms with Gasteiger partial charge < -0.3 is 9.84 Å². The van der Waals surface area contributed by atoms with Gasteiger partial charge in [0.15, 0.2) is 5.82 Å². The Hall–Kier alpha value is -1.69. The minimum absolute atomic E-state index is 0.410. The van der Waals surface area contributed by atoms with E-state index in [1.807, 2.05) is 0 Å². The molecule has 0 saturated carbocycles. The van der Waals surface area contributed by atoms with Crippen molar-refractivity contribution in [1.29, 1.82) is 0 Å². The van der Waals surface area contributed by atoms with E-state index in [4.69, 9.17) is 16.1 Å². The molecule has 0 unspecified atom stereocenters. The Morgan fingerprint density at radius 2 is 2.31 bits per heavy atom. The van der Waals surface area contributed by atoms with Gasteiger partial charge in [0.25, 0.3) is 0 Å². The van der Waals surface area contributed by atoms with Gasteiger partial charge in [0.05, 0.1) is 0 Å². The fraction of sp³-hybridized carbons (Fsp3) is 0.333. The number of halogens is 1. The lowest BCUT2D eigenvalue weighted by Crippen LogP contribution is -2.07. The molecule has 0 radical (unpaired) electrons. The normalized spacial score (nSPS) is 10.4. The van der Waals surface area contributed by atoms with Crippen molar-refractivity contribution in [1.82, 2.24) is 20.1 Å². The van der Waals surface area contributed by atoms with E-state index in [9.17, 15) is 0 Å². The summed E-state index contributed by atoms with van der Waals surface area (Å²) in [6.07, 6.45) is 2.07. The summed E-state index contributed by atoms with van der Waals surface area (Å²) in [5.41, 5.74) is 0. The number of aryl methyl sites for hydroxylation is 1. The lowest BCUT2D eigenvalue weighted by Gasteiger charge is -2.02. The predicted molar refractivity (Wildman–Crippen MR) is 58.3 cm³/mol. The van der Waals surface area contributed by atoms with Gasteiger partial charge >= 0.3 is 0 Å². The lowest BCUT2D eigenvalue weighted by atomic mass is 10.4. The van der Waals surface area contributed by atoms with Crippen LogP contribution in [0.2, 0.25) is 5.15 Å². The zero-order valence-electron chi connectivity index (χ0n) is 8.64. The predicted octanol–water partition coefficient (Wildman–Crippen LogP) is 1.48. The van der Waals surface area contributed by atoms with Gasteiger partial charge in [0.2, 0.25) is 5.89 Å². The maximum absolute atomic E-state index is 5.71. The van der Waals surface area contributed by atoms with E-state index < -0.39 is 0 Å². The molecule has 0 spiro atoms. The summed E-state index contributed by atoms with van der Waals surface area (Å²) in [5, 5.41) is 7.28. The number of rotatable bonds is 4. The molecule has 2 aromatic heterocycles. The van der Waals surface area contributed by atoms with Gasteiger partial charge in [0, 0.05) is 26.0 Å². The summed E-state index contributed by atoms with van der Waals surface area (Å²) >= 11 is 5.71. The van der Waals surface area contributed by atoms with E-state index in [2.05, 4.69) is 25.4 Å². The van der Waals surface area contributed by atoms with Crippen molar-refractivity contribution in [2.75, 3.05) is 11.9 Å². The third-order valence-electron chi connectivity index (χ3n) is 1.86. The van der Waals surface area contributed by atoms with Crippen molar-refractivity contribution in [3.8, 4) is 0 Å². The average Bonchev–Trinajstić information content (AvgIpc) is 2.64. The quantitative estimate of drug-likeness (QED) is 0.815. The molecule has 0 aliphatic heterocycles. The molecule has 2 rings (SSSR count). The van der Waals surface area contributed by atoms with Crippen molar-refractivity contribution >= 4 is 17.4 Å². The van der Waals surface area contributed by atoms with Crippen LogP contribution < -0.4 is 5.32 Å². The van der Waals surface area contributed by atoms with E-state index in [-0.39, 0.29) is 0 Å². The highest BCUT2D eigenvalue weighted by Crippen LogP contribution is 2.08. The zero-order chi connectivity index (χ0) is 11.4. The maximum atomic E-state index is 5.71. The first-order valence-electron chi connectivity index (χ1n) is 4.74. The number of nitrogens with one attached hydrogen (secondary N) is 1. The summed E-state index contributed by atoms with van der Waals surface area (Å²) in [7, 11) is 0. The number of aromatic nitrogens is 4. The second-order valence-electron chi connectivity index (χ2n) is 3.13. The molecule has 0 atom stereocenters. The lowest BCUT2D eigenvalue weighted by molar-refractivity contribution is 0.387. The van der Waals surface area contributed by atoms with Crippen LogP contribution in [0.3, 0.4) is 0 Å². The van der Waals surface area contributed by atoms with Crippen LogP contribution in [0.15, 0.2) is 16.9 Å². The molecule has 6 nitrogen and oxygen atoms in total. The third-order valence-corrected chi connectivity index (χ3v) is 2.06. The fourth-order valence-electron chi connectivity index (χ4n) is 1.18. The van der Waals surface area contributed by atoms with E-state index in [1.165, 1.54) is 6.33 Å². The number of hydrogen-bond donors (Lipinski definition) is 1. The number of hydrogen-bond acceptors (Lipinski definition) is 6. The van der Waals surface area contributed by atoms with Crippen LogP contribution in [-0.4, -0.2) is 26.7 Å². The van der Waals surface area contributed by atoms with Gasteiger partial charge in [-0.1, -0.05) is 16.8 Å². The van der Waals surface area contributed by atoms with Crippen molar-refractivity contribution < 1.29 is 4.52 Å². The van der Waals surface area contributed by atoms with Crippen LogP contribution in [-0.2, 0) is 6.42 Å². The first-order chi connectivity index (χ1) is 7.74. The van der Waals surface area contributed by atoms with Gasteiger partial charge in [-0.3, -0.25) is 0 Å². The summed E-state index contributed by atoms with van der Waals surface area (Å²) < 4.78 is 4.85. The van der Waals surface area contributed by atoms with E-state index in [0.29, 0.717) is 35.7 Å². The summed E-state index contributed by atoms with van der Waals surface area (Å²) in [6.45, 7) is 2.42. The molecule has 2 aromatic rings. The molecule has 84 valence electrons. The Labute approximate surface area is 97.1 Å². The third kappa shape index (κ3) is 2.90. The van der Waals surface area contributed by atoms with Crippen molar-refractivity contribution in [3.05, 3.63) is 29.3 Å². The van der Waals surface area contributed by atoms with Crippen LogP contribution in [0.1, 0.15) is 11.7 Å². The Balaban J connectivity index is 1.84. The van der Waals surface area contributed by atoms with E-state index >= 15 is 0 Å². The SMILES string of the molecule is Cc1nc(CCNc2cc(Cl)ncn2)no1. The van der Waals surface area contributed by atoms with E-state index in [1.54, 1.807) is 13.0 Å². The first kappa shape index (κ1) is 10.8. The minimum atomic E-state index is 0.410. The van der Waals surface area contributed by atoms with Crippen molar-refractivity contribution in [2.24, 2.45) is 0 Å². The molecule has 2 heterocycles.